The topological polar surface area (TPSA) is 578 Å². The van der Waals surface area contributed by atoms with Crippen molar-refractivity contribution in [1.82, 2.24) is 50.3 Å². The quantitative estimate of drug-likeness (QED) is 0.0122. The molecule has 0 saturated carbocycles. The summed E-state index contributed by atoms with van der Waals surface area (Å²) in [6.45, 7) is 8.76. The van der Waals surface area contributed by atoms with Gasteiger partial charge in [-0.15, -0.1) is 5.06 Å². The van der Waals surface area contributed by atoms with Crippen LogP contribution in [0, 0.1) is 0 Å². The standard InChI is InChI=1S/C44H33N10O7.C28H64N2O20S6Si3.6Na/c55-32-19-20-33(56)54(32)61-34(57)18-8-21-45-44(58)60-23-9-22-59-31-17-7-16-30-35(31)43-52-41-29-15-6-5-14-28(29)39(50-41)48-37-25-11-2-1-10-24(25)36(46-37)47-38-26-12-3-4-13-27(26)40(49-38)51-42(30)53-43;1-58(2,27-11-19-29(13-5-21-51(31,32)33,14-6-22-52(34,35)36)15-7-23-53(37,38)39)49-57-50-59(3,4)28-12-20-30(16-8-24-54(40,41)42,17-9-25-55(43,44)45)18-10-26-56(46,47)48;;;;;;/h1-7,10-17H,8-9,18-23H2,(H2-,45,46,47,48,49,50,51,52,53,58);5-28H2,1-4H3,(H4-2,31,32,33,34,35,36,37,38,39,40,41,42,43,44,45,46,47,48);;;;;;/q-1;;6*+1/p-5. The number of rotatable bonds is 46. The summed E-state index contributed by atoms with van der Waals surface area (Å²) >= 11 is 0. The minimum atomic E-state index is -4.61. The second kappa shape index (κ2) is 52.8. The smallest absolute Gasteiger partial charge is 0.748 e. The molecule has 3 aliphatic heterocycles. The van der Waals surface area contributed by atoms with Gasteiger partial charge in [0.15, 0.2) is 16.6 Å². The fourth-order valence-corrected chi connectivity index (χ4v) is 22.2. The van der Waals surface area contributed by atoms with Crippen molar-refractivity contribution >= 4 is 155 Å². The van der Waals surface area contributed by atoms with Gasteiger partial charge in [0, 0.05) is 145 Å². The third-order valence-corrected chi connectivity index (χ3v) is 32.8. The summed E-state index contributed by atoms with van der Waals surface area (Å²) in [5.41, 5.74) is 4.71. The summed E-state index contributed by atoms with van der Waals surface area (Å²) in [6.07, 6.45) is -0.0790. The van der Waals surface area contributed by atoms with Crippen LogP contribution in [0.15, 0.2) is 91.0 Å². The van der Waals surface area contributed by atoms with Crippen molar-refractivity contribution in [2.24, 2.45) is 0 Å². The minimum Gasteiger partial charge on any atom is -0.748 e. The first-order chi connectivity index (χ1) is 56.2. The number of nitrogens with one attached hydrogen (secondary N) is 1. The molecule has 3 amide bonds. The van der Waals surface area contributed by atoms with Crippen LogP contribution >= 0.6 is 0 Å². The maximum Gasteiger partial charge on any atom is 1.00 e. The molecule has 8 bridgehead atoms. The molecule has 126 heavy (non-hydrogen) atoms. The predicted octanol–water partition coefficient (Wildman–Crippen LogP) is -13.0. The van der Waals surface area contributed by atoms with Gasteiger partial charge in [-0.05, 0) is 85.1 Å². The number of carbonyl (C=O) groups is 4. The zero-order valence-electron chi connectivity index (χ0n) is 72.2. The van der Waals surface area contributed by atoms with E-state index in [1.54, 1.807) is 0 Å². The molecule has 0 unspecified atom stereocenters. The van der Waals surface area contributed by atoms with Crippen LogP contribution in [0.1, 0.15) is 83.5 Å². The molecule has 1 N–H and O–H groups in total. The number of ether oxygens (including phenoxy) is 2. The fraction of sp³-hybridized carbons (Fsp3) is 0.500. The summed E-state index contributed by atoms with van der Waals surface area (Å²) < 4.78 is 228. The van der Waals surface area contributed by atoms with E-state index in [1.165, 1.54) is 0 Å². The van der Waals surface area contributed by atoms with E-state index >= 15 is 0 Å². The van der Waals surface area contributed by atoms with Gasteiger partial charge in [-0.25, -0.2) is 70.1 Å². The molecule has 1 fully saturated rings. The molecule has 39 nitrogen and oxygen atoms in total. The number of fused-ring (bicyclic) bond motifs is 20. The molecule has 54 heteroatoms. The van der Waals surface area contributed by atoms with Crippen molar-refractivity contribution in [2.45, 2.75) is 122 Å². The van der Waals surface area contributed by atoms with Crippen molar-refractivity contribution < 1.29 is 306 Å². The zero-order chi connectivity index (χ0) is 87.5. The molecule has 0 aliphatic carbocycles. The van der Waals surface area contributed by atoms with Crippen LogP contribution in [0.5, 0.6) is 5.75 Å². The molecule has 656 valence electrons. The van der Waals surface area contributed by atoms with E-state index in [1.807, 2.05) is 117 Å². The Morgan fingerprint density at radius 1 is 0.429 bits per heavy atom. The average Bonchev–Trinajstić information content (AvgIpc) is 1.60. The molecule has 10 rings (SSSR count). The van der Waals surface area contributed by atoms with Crippen molar-refractivity contribution in [1.29, 1.82) is 0 Å². The van der Waals surface area contributed by atoms with E-state index in [4.69, 9.17) is 62.4 Å². The van der Waals surface area contributed by atoms with E-state index in [0.717, 1.165) is 32.7 Å². The number of amides is 3. The number of imide groups is 1. The van der Waals surface area contributed by atoms with Crippen LogP contribution in [0.25, 0.3) is 89.7 Å². The van der Waals surface area contributed by atoms with Crippen LogP contribution in [0.3, 0.4) is 0 Å². The Bertz CT molecular complexity index is 5460. The van der Waals surface area contributed by atoms with Gasteiger partial charge in [0.25, 0.3) is 11.8 Å². The largest absolute Gasteiger partial charge is 1.00 e. The average molecular weight is 1970 g/mol. The summed E-state index contributed by atoms with van der Waals surface area (Å²) in [5.74, 6) is -4.03. The maximum absolute atomic E-state index is 12.3. The number of alkyl carbamates (subject to hydrolysis) is 1. The fourth-order valence-electron chi connectivity index (χ4n) is 14.2. The molecule has 0 spiro atoms. The number of aromatic nitrogens is 8. The van der Waals surface area contributed by atoms with Crippen molar-refractivity contribution in [3.05, 3.63) is 91.0 Å². The zero-order valence-corrected chi connectivity index (χ0v) is 92.1. The van der Waals surface area contributed by atoms with Crippen LogP contribution < -0.4 is 197 Å². The van der Waals surface area contributed by atoms with Gasteiger partial charge in [0.05, 0.1) is 155 Å². The molecular weight excluding hydrogens is 1880 g/mol. The summed E-state index contributed by atoms with van der Waals surface area (Å²) in [6, 6.07) is 29.8. The van der Waals surface area contributed by atoms with Crippen molar-refractivity contribution in [3.63, 3.8) is 0 Å². The third-order valence-electron chi connectivity index (χ3n) is 19.8. The number of nitrogens with zero attached hydrogens (tertiary/aromatic N) is 11. The Morgan fingerprint density at radius 3 is 1.12 bits per heavy atom. The van der Waals surface area contributed by atoms with E-state index in [9.17, 15) is 97.0 Å². The predicted molar refractivity (Wildman–Crippen MR) is 436 cm³/mol. The molecule has 1 saturated heterocycles. The Hall–Kier alpha value is -2.13. The van der Waals surface area contributed by atoms with Gasteiger partial charge in [-0.3, -0.25) is 9.59 Å². The number of carbonyl (C=O) groups excluding carboxylic acids is 4. The van der Waals surface area contributed by atoms with E-state index in [0.29, 0.717) is 99.2 Å². The van der Waals surface area contributed by atoms with Gasteiger partial charge in [0.2, 0.25) is 0 Å². The summed E-state index contributed by atoms with van der Waals surface area (Å²) in [5, 5.41) is 6.23. The van der Waals surface area contributed by atoms with Crippen LogP contribution in [-0.4, -0.2) is 279 Å². The van der Waals surface area contributed by atoms with E-state index in [2.05, 4.69) is 5.32 Å². The van der Waals surface area contributed by atoms with Crippen LogP contribution in [0.2, 0.25) is 38.3 Å². The Kier molecular flexibility index (Phi) is 49.5. The molecule has 3 aromatic heterocycles. The normalized spacial score (nSPS) is 13.1. The first-order valence-electron chi connectivity index (χ1n) is 38.4. The van der Waals surface area contributed by atoms with Gasteiger partial charge >= 0.3 is 199 Å². The van der Waals surface area contributed by atoms with Crippen LogP contribution in [-0.2, 0) is 92.9 Å². The molecule has 3 aliphatic rings. The molecule has 2 radical (unpaired) electrons. The molecule has 4 aromatic carbocycles. The van der Waals surface area contributed by atoms with Gasteiger partial charge in [-0.2, -0.15) is 0 Å². The first kappa shape index (κ1) is 118. The number of hydrogen-bond donors (Lipinski definition) is 1. The summed E-state index contributed by atoms with van der Waals surface area (Å²) in [4.78, 5) is 92.1. The van der Waals surface area contributed by atoms with Crippen molar-refractivity contribution in [3.8, 4) is 51.3 Å². The van der Waals surface area contributed by atoms with E-state index < -0.39 is 146 Å². The van der Waals surface area contributed by atoms with E-state index in [-0.39, 0.29) is 323 Å². The Morgan fingerprint density at radius 2 is 0.754 bits per heavy atom. The Balaban J connectivity index is 0.000000622. The minimum absolute atomic E-state index is 0. The van der Waals surface area contributed by atoms with Crippen LogP contribution in [0.4, 0.5) is 4.79 Å². The SMILES string of the molecule is C[Si](C)(CCC[N+](CCCS(=O)(=O)[O-])(CCCS(=O)(=O)[O-])CCCS(=O)(=O)[O-])O[Si]O[Si](C)(C)CCC[N+](CCCS(=O)(=O)[O-])(CCCS(=O)(=O)[O-])CCCS(=O)(=O)[O-].O=C(CCCNC(=O)OCCCOc1cccc2c1-c1nc-2nc2[n-]c(nc3nc(nc4[n-]c(n1)c1ccccc41)-c1ccccc1-3)c1ccccc21)ON1C(=O)CCC1=O.[Na+].[Na+].[Na+].[Na+].[Na+].[Na+]. The van der Waals surface area contributed by atoms with Gasteiger partial charge in [0.1, 0.15) is 5.75 Å². The molecule has 6 heterocycles. The number of hydrogen-bond acceptors (Lipinski definition) is 33. The monoisotopic (exact) mass is 1970 g/mol. The number of hydroxylamine groups is 2. The van der Waals surface area contributed by atoms with Crippen molar-refractivity contribution in [2.75, 3.05) is 107 Å². The second-order valence-corrected chi connectivity index (χ2v) is 49.4. The Labute approximate surface area is 870 Å². The number of benzene rings is 4. The summed E-state index contributed by atoms with van der Waals surface area (Å²) in [7, 11) is -33.1. The maximum atomic E-state index is 12.3. The van der Waals surface area contributed by atoms with Gasteiger partial charge in [-0.1, -0.05) is 84.9 Å². The third kappa shape index (κ3) is 39.3. The van der Waals surface area contributed by atoms with Gasteiger partial charge < -0.3 is 94.0 Å². The first-order valence-corrected chi connectivity index (χ1v) is 54.9. The molecule has 0 atom stereocenters. The number of quaternary nitrogens is 2. The molecule has 7 aromatic rings. The second-order valence-electron chi connectivity index (χ2n) is 30.4. The molecular formula is C72H92N12Na6O27S6Si3.